The Morgan fingerprint density at radius 2 is 2.46 bits per heavy atom. The minimum absolute atomic E-state index is 0.782. The fourth-order valence-corrected chi connectivity index (χ4v) is 1.42. The summed E-state index contributed by atoms with van der Waals surface area (Å²) < 4.78 is 9.05. The van der Waals surface area contributed by atoms with Gasteiger partial charge in [0.15, 0.2) is 0 Å². The molecule has 13 heavy (non-hydrogen) atoms. The van der Waals surface area contributed by atoms with E-state index in [0.717, 1.165) is 32.0 Å². The van der Waals surface area contributed by atoms with Gasteiger partial charge in [0.25, 0.3) is 0 Å². The van der Waals surface area contributed by atoms with E-state index in [4.69, 9.17) is 4.74 Å². The molecule has 0 unspecified atom stereocenters. The standard InChI is InChI=1S/C8H15N3OS/c1-3-12-5-4-11(2)6-8-7-13-10-9-8/h7H,3-6H2,1-2H3. The van der Waals surface area contributed by atoms with E-state index in [0.29, 0.717) is 0 Å². The minimum Gasteiger partial charge on any atom is -0.380 e. The lowest BCUT2D eigenvalue weighted by Gasteiger charge is -2.14. The third kappa shape index (κ3) is 4.31. The van der Waals surface area contributed by atoms with Gasteiger partial charge in [-0.1, -0.05) is 4.49 Å². The Balaban J connectivity index is 2.14. The van der Waals surface area contributed by atoms with Crippen LogP contribution in [0, 0.1) is 0 Å². The summed E-state index contributed by atoms with van der Waals surface area (Å²) in [6.45, 7) is 5.36. The maximum atomic E-state index is 5.25. The molecule has 1 aromatic rings. The number of ether oxygens (including phenoxy) is 1. The van der Waals surface area contributed by atoms with Crippen LogP contribution >= 0.6 is 11.5 Å². The van der Waals surface area contributed by atoms with Gasteiger partial charge in [0.1, 0.15) is 0 Å². The molecule has 4 nitrogen and oxygen atoms in total. The summed E-state index contributed by atoms with van der Waals surface area (Å²) in [5.41, 5.74) is 1.03. The smallest absolute Gasteiger partial charge is 0.0895 e. The van der Waals surface area contributed by atoms with Crippen molar-refractivity contribution in [3.63, 3.8) is 0 Å². The predicted octanol–water partition coefficient (Wildman–Crippen LogP) is 1.01. The van der Waals surface area contributed by atoms with Gasteiger partial charge in [-0.15, -0.1) is 5.10 Å². The molecule has 1 aromatic heterocycles. The second kappa shape index (κ2) is 6.01. The number of likely N-dealkylation sites (N-methyl/N-ethyl adjacent to an activating group) is 1. The van der Waals surface area contributed by atoms with Crippen molar-refractivity contribution in [1.29, 1.82) is 0 Å². The first kappa shape index (κ1) is 10.6. The zero-order valence-corrected chi connectivity index (χ0v) is 8.88. The van der Waals surface area contributed by atoms with E-state index in [9.17, 15) is 0 Å². The van der Waals surface area contributed by atoms with Crippen LogP contribution in [0.4, 0.5) is 0 Å². The Morgan fingerprint density at radius 3 is 3.08 bits per heavy atom. The second-order valence-electron chi connectivity index (χ2n) is 2.83. The van der Waals surface area contributed by atoms with Gasteiger partial charge < -0.3 is 4.74 Å². The molecule has 0 atom stereocenters. The molecule has 0 N–H and O–H groups in total. The molecule has 5 heteroatoms. The molecule has 0 amide bonds. The first-order chi connectivity index (χ1) is 6.33. The average molecular weight is 201 g/mol. The Morgan fingerprint density at radius 1 is 1.62 bits per heavy atom. The van der Waals surface area contributed by atoms with Crippen molar-refractivity contribution >= 4 is 11.5 Å². The van der Waals surface area contributed by atoms with Gasteiger partial charge in [0.2, 0.25) is 0 Å². The lowest BCUT2D eigenvalue weighted by molar-refractivity contribution is 0.120. The van der Waals surface area contributed by atoms with Gasteiger partial charge in [0.05, 0.1) is 12.3 Å². The highest BCUT2D eigenvalue weighted by atomic mass is 32.1. The molecule has 0 aromatic carbocycles. The van der Waals surface area contributed by atoms with Crippen molar-refractivity contribution in [3.05, 3.63) is 11.1 Å². The Labute approximate surface area is 82.7 Å². The highest BCUT2D eigenvalue weighted by Crippen LogP contribution is 2.00. The van der Waals surface area contributed by atoms with E-state index in [1.807, 2.05) is 12.3 Å². The minimum atomic E-state index is 0.782. The van der Waals surface area contributed by atoms with Crippen LogP contribution in [0.2, 0.25) is 0 Å². The molecule has 74 valence electrons. The van der Waals surface area contributed by atoms with Crippen LogP contribution in [0.3, 0.4) is 0 Å². The van der Waals surface area contributed by atoms with Gasteiger partial charge in [0, 0.05) is 25.1 Å². The highest BCUT2D eigenvalue weighted by molar-refractivity contribution is 7.03. The summed E-state index contributed by atoms with van der Waals surface area (Å²) >= 11 is 1.39. The maximum absolute atomic E-state index is 5.25. The normalized spacial score (nSPS) is 11.0. The number of aromatic nitrogens is 2. The fourth-order valence-electron chi connectivity index (χ4n) is 0.973. The number of hydrogen-bond donors (Lipinski definition) is 0. The molecular formula is C8H15N3OS. The number of nitrogens with zero attached hydrogens (tertiary/aromatic N) is 3. The van der Waals surface area contributed by atoms with Gasteiger partial charge in [-0.25, -0.2) is 0 Å². The summed E-state index contributed by atoms with van der Waals surface area (Å²) in [4.78, 5) is 2.17. The van der Waals surface area contributed by atoms with Crippen molar-refractivity contribution in [1.82, 2.24) is 14.5 Å². The molecule has 0 radical (unpaired) electrons. The molecule has 0 fully saturated rings. The van der Waals surface area contributed by atoms with Crippen LogP contribution in [-0.4, -0.2) is 41.3 Å². The first-order valence-electron chi connectivity index (χ1n) is 4.35. The van der Waals surface area contributed by atoms with E-state index < -0.39 is 0 Å². The molecule has 1 heterocycles. The molecular weight excluding hydrogens is 186 g/mol. The van der Waals surface area contributed by atoms with Crippen LogP contribution in [0.25, 0.3) is 0 Å². The van der Waals surface area contributed by atoms with Crippen LogP contribution < -0.4 is 0 Å². The summed E-state index contributed by atoms with van der Waals surface area (Å²) in [6, 6.07) is 0. The topological polar surface area (TPSA) is 38.2 Å². The zero-order chi connectivity index (χ0) is 9.52. The van der Waals surface area contributed by atoms with Crippen molar-refractivity contribution in [3.8, 4) is 0 Å². The van der Waals surface area contributed by atoms with Crippen molar-refractivity contribution in [2.75, 3.05) is 26.8 Å². The van der Waals surface area contributed by atoms with Gasteiger partial charge in [-0.3, -0.25) is 4.90 Å². The third-order valence-electron chi connectivity index (χ3n) is 1.66. The van der Waals surface area contributed by atoms with Gasteiger partial charge in [-0.2, -0.15) is 0 Å². The number of hydrogen-bond acceptors (Lipinski definition) is 5. The molecule has 0 bridgehead atoms. The Hall–Kier alpha value is -0.520. The highest BCUT2D eigenvalue weighted by Gasteiger charge is 2.01. The summed E-state index contributed by atoms with van der Waals surface area (Å²) in [5, 5.41) is 5.94. The lowest BCUT2D eigenvalue weighted by Crippen LogP contribution is -2.22. The molecule has 1 rings (SSSR count). The average Bonchev–Trinajstić information content (AvgIpc) is 2.57. The van der Waals surface area contributed by atoms with E-state index in [-0.39, 0.29) is 0 Å². The van der Waals surface area contributed by atoms with E-state index in [1.54, 1.807) is 0 Å². The molecule has 0 aliphatic heterocycles. The van der Waals surface area contributed by atoms with Gasteiger partial charge in [-0.05, 0) is 25.5 Å². The fraction of sp³-hybridized carbons (Fsp3) is 0.750. The predicted molar refractivity (Wildman–Crippen MR) is 52.7 cm³/mol. The molecule has 0 aliphatic carbocycles. The summed E-state index contributed by atoms with van der Waals surface area (Å²) in [6.07, 6.45) is 0. The number of rotatable bonds is 6. The first-order valence-corrected chi connectivity index (χ1v) is 5.18. The van der Waals surface area contributed by atoms with E-state index in [2.05, 4.69) is 21.5 Å². The molecule has 0 aliphatic rings. The second-order valence-corrected chi connectivity index (χ2v) is 3.44. The quantitative estimate of drug-likeness (QED) is 0.644. The third-order valence-corrected chi connectivity index (χ3v) is 2.21. The van der Waals surface area contributed by atoms with Crippen LogP contribution in [0.1, 0.15) is 12.6 Å². The van der Waals surface area contributed by atoms with Gasteiger partial charge >= 0.3 is 0 Å². The maximum Gasteiger partial charge on any atom is 0.0895 e. The Kier molecular flexibility index (Phi) is 4.88. The SMILES string of the molecule is CCOCCN(C)Cc1csnn1. The molecule has 0 spiro atoms. The van der Waals surface area contributed by atoms with Crippen LogP contribution in [0.15, 0.2) is 5.38 Å². The largest absolute Gasteiger partial charge is 0.380 e. The lowest BCUT2D eigenvalue weighted by atomic mass is 10.4. The van der Waals surface area contributed by atoms with Crippen LogP contribution in [0.5, 0.6) is 0 Å². The van der Waals surface area contributed by atoms with Crippen molar-refractivity contribution in [2.24, 2.45) is 0 Å². The summed E-state index contributed by atoms with van der Waals surface area (Å²) in [7, 11) is 2.05. The van der Waals surface area contributed by atoms with Crippen LogP contribution in [-0.2, 0) is 11.3 Å². The van der Waals surface area contributed by atoms with E-state index >= 15 is 0 Å². The van der Waals surface area contributed by atoms with Crippen molar-refractivity contribution < 1.29 is 4.74 Å². The molecule has 0 saturated heterocycles. The van der Waals surface area contributed by atoms with E-state index in [1.165, 1.54) is 11.5 Å². The molecule has 0 saturated carbocycles. The summed E-state index contributed by atoms with van der Waals surface area (Å²) in [5.74, 6) is 0. The zero-order valence-electron chi connectivity index (χ0n) is 8.06. The van der Waals surface area contributed by atoms with Crippen molar-refractivity contribution in [2.45, 2.75) is 13.5 Å². The Bertz CT molecular complexity index is 215. The monoisotopic (exact) mass is 201 g/mol.